The number of hydrogen-bond donors (Lipinski definition) is 1. The van der Waals surface area contributed by atoms with Crippen molar-refractivity contribution >= 4 is 0 Å². The fourth-order valence-electron chi connectivity index (χ4n) is 2.24. The molecule has 0 aliphatic heterocycles. The van der Waals surface area contributed by atoms with Crippen LogP contribution in [0.15, 0.2) is 12.4 Å². The second-order valence-electron chi connectivity index (χ2n) is 4.61. The van der Waals surface area contributed by atoms with Gasteiger partial charge in [-0.05, 0) is 32.7 Å². The number of rotatable bonds is 4. The molecule has 0 aromatic carbocycles. The maximum Gasteiger partial charge on any atom is 0.232 e. The summed E-state index contributed by atoms with van der Waals surface area (Å²) < 4.78 is 5.92. The molecule has 0 atom stereocenters. The summed E-state index contributed by atoms with van der Waals surface area (Å²) in [6, 6.07) is 0. The van der Waals surface area contributed by atoms with E-state index in [1.807, 2.05) is 7.05 Å². The molecule has 1 aromatic rings. The Labute approximate surface area is 103 Å². The Balaban J connectivity index is 1.94. The van der Waals surface area contributed by atoms with Crippen molar-refractivity contribution in [3.63, 3.8) is 0 Å². The highest BCUT2D eigenvalue weighted by Crippen LogP contribution is 2.21. The van der Waals surface area contributed by atoms with Crippen LogP contribution in [-0.4, -0.2) is 23.1 Å². The van der Waals surface area contributed by atoms with Crippen LogP contribution in [0.4, 0.5) is 0 Å². The summed E-state index contributed by atoms with van der Waals surface area (Å²) >= 11 is 0. The van der Waals surface area contributed by atoms with Gasteiger partial charge in [-0.15, -0.1) is 0 Å². The van der Waals surface area contributed by atoms with E-state index in [2.05, 4.69) is 15.3 Å². The van der Waals surface area contributed by atoms with Crippen molar-refractivity contribution in [2.75, 3.05) is 7.05 Å². The SMILES string of the molecule is CNCc1cncc(OC2CCCCCC2)n1. The average Bonchev–Trinajstić information content (AvgIpc) is 2.59. The van der Waals surface area contributed by atoms with Gasteiger partial charge in [0.1, 0.15) is 6.10 Å². The van der Waals surface area contributed by atoms with Crippen molar-refractivity contribution in [1.82, 2.24) is 15.3 Å². The first-order valence-electron chi connectivity index (χ1n) is 6.50. The molecule has 1 N–H and O–H groups in total. The molecule has 17 heavy (non-hydrogen) atoms. The van der Waals surface area contributed by atoms with Gasteiger partial charge in [0, 0.05) is 12.7 Å². The Morgan fingerprint density at radius 3 is 2.71 bits per heavy atom. The fourth-order valence-corrected chi connectivity index (χ4v) is 2.24. The Bertz CT molecular complexity index is 335. The van der Waals surface area contributed by atoms with Crippen molar-refractivity contribution in [3.05, 3.63) is 18.1 Å². The van der Waals surface area contributed by atoms with Gasteiger partial charge in [0.25, 0.3) is 0 Å². The summed E-state index contributed by atoms with van der Waals surface area (Å²) in [6.45, 7) is 0.731. The predicted octanol–water partition coefficient (Wildman–Crippen LogP) is 2.30. The van der Waals surface area contributed by atoms with E-state index in [0.29, 0.717) is 12.0 Å². The summed E-state index contributed by atoms with van der Waals surface area (Å²) in [4.78, 5) is 8.60. The topological polar surface area (TPSA) is 47.0 Å². The first kappa shape index (κ1) is 12.3. The van der Waals surface area contributed by atoms with Crippen LogP contribution >= 0.6 is 0 Å². The van der Waals surface area contributed by atoms with Gasteiger partial charge in [-0.25, -0.2) is 4.98 Å². The standard InChI is InChI=1S/C13H21N3O/c1-14-8-11-9-15-10-13(16-11)17-12-6-4-2-3-5-7-12/h9-10,12,14H,2-8H2,1H3. The molecule has 0 amide bonds. The molecule has 0 unspecified atom stereocenters. The molecule has 0 radical (unpaired) electrons. The molecule has 1 aliphatic carbocycles. The van der Waals surface area contributed by atoms with E-state index in [-0.39, 0.29) is 0 Å². The Morgan fingerprint density at radius 1 is 1.24 bits per heavy atom. The highest BCUT2D eigenvalue weighted by molar-refractivity contribution is 5.08. The third kappa shape index (κ3) is 3.97. The van der Waals surface area contributed by atoms with Crippen LogP contribution in [0, 0.1) is 0 Å². The zero-order valence-corrected chi connectivity index (χ0v) is 10.5. The number of ether oxygens (including phenoxy) is 1. The molecule has 94 valence electrons. The normalized spacial score (nSPS) is 17.7. The van der Waals surface area contributed by atoms with Gasteiger partial charge in [0.15, 0.2) is 0 Å². The molecule has 1 saturated carbocycles. The highest BCUT2D eigenvalue weighted by Gasteiger charge is 2.14. The van der Waals surface area contributed by atoms with Crippen LogP contribution in [-0.2, 0) is 6.54 Å². The maximum absolute atomic E-state index is 5.92. The predicted molar refractivity (Wildman–Crippen MR) is 66.9 cm³/mol. The zero-order valence-electron chi connectivity index (χ0n) is 10.5. The van der Waals surface area contributed by atoms with Gasteiger partial charge < -0.3 is 10.1 Å². The molecule has 1 heterocycles. The summed E-state index contributed by atoms with van der Waals surface area (Å²) in [5.74, 6) is 0.671. The van der Waals surface area contributed by atoms with Crippen molar-refractivity contribution in [3.8, 4) is 5.88 Å². The second-order valence-corrected chi connectivity index (χ2v) is 4.61. The molecule has 0 spiro atoms. The maximum atomic E-state index is 5.92. The lowest BCUT2D eigenvalue weighted by Gasteiger charge is -2.16. The van der Waals surface area contributed by atoms with Gasteiger partial charge in [0.2, 0.25) is 5.88 Å². The number of aromatic nitrogens is 2. The molecule has 2 rings (SSSR count). The van der Waals surface area contributed by atoms with Crippen molar-refractivity contribution in [2.45, 2.75) is 51.2 Å². The van der Waals surface area contributed by atoms with Crippen LogP contribution in [0.3, 0.4) is 0 Å². The Hall–Kier alpha value is -1.16. The number of nitrogens with zero attached hydrogens (tertiary/aromatic N) is 2. The van der Waals surface area contributed by atoms with Gasteiger partial charge in [-0.3, -0.25) is 4.98 Å². The monoisotopic (exact) mass is 235 g/mol. The molecule has 1 aromatic heterocycles. The average molecular weight is 235 g/mol. The first-order valence-corrected chi connectivity index (χ1v) is 6.50. The van der Waals surface area contributed by atoms with Crippen molar-refractivity contribution in [2.24, 2.45) is 0 Å². The molecule has 0 bridgehead atoms. The summed E-state index contributed by atoms with van der Waals surface area (Å²) in [7, 11) is 1.90. The zero-order chi connectivity index (χ0) is 11.9. The minimum atomic E-state index is 0.330. The molecule has 1 fully saturated rings. The number of nitrogens with one attached hydrogen (secondary N) is 1. The van der Waals surface area contributed by atoms with E-state index < -0.39 is 0 Å². The minimum Gasteiger partial charge on any atom is -0.473 e. The molecule has 4 nitrogen and oxygen atoms in total. The molecule has 0 saturated heterocycles. The lowest BCUT2D eigenvalue weighted by Crippen LogP contribution is -2.17. The van der Waals surface area contributed by atoms with E-state index >= 15 is 0 Å². The van der Waals surface area contributed by atoms with Crippen LogP contribution in [0.25, 0.3) is 0 Å². The van der Waals surface area contributed by atoms with Gasteiger partial charge >= 0.3 is 0 Å². The molecule has 1 aliphatic rings. The van der Waals surface area contributed by atoms with E-state index in [4.69, 9.17) is 4.74 Å². The van der Waals surface area contributed by atoms with E-state index in [1.54, 1.807) is 12.4 Å². The van der Waals surface area contributed by atoms with Gasteiger partial charge in [-0.2, -0.15) is 0 Å². The summed E-state index contributed by atoms with van der Waals surface area (Å²) in [5.41, 5.74) is 0.929. The van der Waals surface area contributed by atoms with Crippen LogP contribution < -0.4 is 10.1 Å². The second kappa shape index (κ2) is 6.55. The minimum absolute atomic E-state index is 0.330. The third-order valence-electron chi connectivity index (χ3n) is 3.11. The lowest BCUT2D eigenvalue weighted by atomic mass is 10.1. The summed E-state index contributed by atoms with van der Waals surface area (Å²) in [5, 5.41) is 3.07. The van der Waals surface area contributed by atoms with Crippen molar-refractivity contribution < 1.29 is 4.74 Å². The van der Waals surface area contributed by atoms with Gasteiger partial charge in [0.05, 0.1) is 11.9 Å². The Kier molecular flexibility index (Phi) is 4.74. The van der Waals surface area contributed by atoms with Gasteiger partial charge in [-0.1, -0.05) is 12.8 Å². The molecular formula is C13H21N3O. The quantitative estimate of drug-likeness (QED) is 0.813. The Morgan fingerprint density at radius 2 is 2.00 bits per heavy atom. The lowest BCUT2D eigenvalue weighted by molar-refractivity contribution is 0.175. The highest BCUT2D eigenvalue weighted by atomic mass is 16.5. The number of hydrogen-bond acceptors (Lipinski definition) is 4. The third-order valence-corrected chi connectivity index (χ3v) is 3.11. The summed E-state index contributed by atoms with van der Waals surface area (Å²) in [6.07, 6.45) is 11.3. The molecular weight excluding hydrogens is 214 g/mol. The van der Waals surface area contributed by atoms with E-state index in [0.717, 1.165) is 25.1 Å². The van der Waals surface area contributed by atoms with Crippen LogP contribution in [0.5, 0.6) is 5.88 Å². The van der Waals surface area contributed by atoms with Crippen molar-refractivity contribution in [1.29, 1.82) is 0 Å². The smallest absolute Gasteiger partial charge is 0.232 e. The van der Waals surface area contributed by atoms with Crippen LogP contribution in [0.1, 0.15) is 44.2 Å². The van der Waals surface area contributed by atoms with Crippen LogP contribution in [0.2, 0.25) is 0 Å². The fraction of sp³-hybridized carbons (Fsp3) is 0.692. The van der Waals surface area contributed by atoms with E-state index in [9.17, 15) is 0 Å². The first-order chi connectivity index (χ1) is 8.38. The molecule has 4 heteroatoms. The van der Waals surface area contributed by atoms with E-state index in [1.165, 1.54) is 25.7 Å². The largest absolute Gasteiger partial charge is 0.473 e.